The van der Waals surface area contributed by atoms with Gasteiger partial charge in [0.2, 0.25) is 5.91 Å². The zero-order valence-corrected chi connectivity index (χ0v) is 12.4. The number of carboxylic acid groups (broad SMARTS) is 1. The first-order chi connectivity index (χ1) is 9.50. The number of aryl methyl sites for hydroxylation is 1. The van der Waals surface area contributed by atoms with E-state index in [1.54, 1.807) is 0 Å². The lowest BCUT2D eigenvalue weighted by Gasteiger charge is -2.13. The van der Waals surface area contributed by atoms with Crippen LogP contribution in [-0.4, -0.2) is 41.1 Å². The minimum atomic E-state index is -1.02. The van der Waals surface area contributed by atoms with Crippen LogP contribution in [0.5, 0.6) is 5.75 Å². The molecule has 0 unspecified atom stereocenters. The quantitative estimate of drug-likeness (QED) is 0.714. The smallest absolute Gasteiger partial charge is 0.327 e. The van der Waals surface area contributed by atoms with Gasteiger partial charge in [0.05, 0.1) is 6.61 Å². The number of thioether (sulfide) groups is 1. The number of benzene rings is 1. The molecule has 0 radical (unpaired) electrons. The molecule has 2 N–H and O–H groups in total. The number of carbonyl (C=O) groups is 2. The van der Waals surface area contributed by atoms with Crippen LogP contribution in [0.15, 0.2) is 24.3 Å². The molecule has 1 aromatic carbocycles. The second kappa shape index (κ2) is 8.47. The summed E-state index contributed by atoms with van der Waals surface area (Å²) >= 11 is 1.44. The van der Waals surface area contributed by atoms with Gasteiger partial charge in [0.25, 0.3) is 0 Å². The van der Waals surface area contributed by atoms with Gasteiger partial charge < -0.3 is 15.2 Å². The number of carboxylic acids is 1. The van der Waals surface area contributed by atoms with Crippen molar-refractivity contribution in [2.75, 3.05) is 18.1 Å². The number of amides is 1. The Morgan fingerprint density at radius 3 is 2.70 bits per heavy atom. The van der Waals surface area contributed by atoms with E-state index in [-0.39, 0.29) is 5.91 Å². The average molecular weight is 297 g/mol. The fourth-order valence-electron chi connectivity index (χ4n) is 1.55. The predicted octanol–water partition coefficient (Wildman–Crippen LogP) is 1.70. The van der Waals surface area contributed by atoms with Gasteiger partial charge in [0, 0.05) is 18.4 Å². The van der Waals surface area contributed by atoms with Gasteiger partial charge in [0.1, 0.15) is 11.8 Å². The SMILES string of the molecule is CC(=O)N[C@@H](CSCCOc1ccccc1C)C(=O)O. The van der Waals surface area contributed by atoms with Crippen molar-refractivity contribution in [1.82, 2.24) is 5.32 Å². The second-order valence-electron chi connectivity index (χ2n) is 4.28. The molecule has 0 saturated carbocycles. The summed E-state index contributed by atoms with van der Waals surface area (Å²) in [4.78, 5) is 21.8. The van der Waals surface area contributed by atoms with Crippen LogP contribution in [0.4, 0.5) is 0 Å². The average Bonchev–Trinajstić information content (AvgIpc) is 2.38. The Morgan fingerprint density at radius 2 is 2.10 bits per heavy atom. The van der Waals surface area contributed by atoms with E-state index < -0.39 is 12.0 Å². The third kappa shape index (κ3) is 5.97. The van der Waals surface area contributed by atoms with Crippen LogP contribution in [-0.2, 0) is 9.59 Å². The minimum absolute atomic E-state index is 0.325. The molecule has 1 amide bonds. The van der Waals surface area contributed by atoms with Crippen molar-refractivity contribution in [2.45, 2.75) is 19.9 Å². The highest BCUT2D eigenvalue weighted by atomic mass is 32.2. The molecule has 20 heavy (non-hydrogen) atoms. The molecule has 6 heteroatoms. The molecule has 1 atom stereocenters. The number of nitrogens with one attached hydrogen (secondary N) is 1. The molecule has 0 saturated heterocycles. The van der Waals surface area contributed by atoms with Crippen LogP contribution >= 0.6 is 11.8 Å². The number of carbonyl (C=O) groups excluding carboxylic acids is 1. The molecule has 5 nitrogen and oxygen atoms in total. The van der Waals surface area contributed by atoms with Crippen molar-refractivity contribution >= 4 is 23.6 Å². The molecule has 0 bridgehead atoms. The number of rotatable bonds is 8. The zero-order chi connectivity index (χ0) is 15.0. The summed E-state index contributed by atoms with van der Waals surface area (Å²) in [5.41, 5.74) is 1.07. The van der Waals surface area contributed by atoms with Crippen LogP contribution in [0.3, 0.4) is 0 Å². The Balaban J connectivity index is 2.25. The molecule has 0 aromatic heterocycles. The molecule has 1 aromatic rings. The van der Waals surface area contributed by atoms with Crippen molar-refractivity contribution in [1.29, 1.82) is 0 Å². The Labute approximate surface area is 122 Å². The third-order valence-electron chi connectivity index (χ3n) is 2.54. The summed E-state index contributed by atoms with van der Waals surface area (Å²) in [5, 5.41) is 11.3. The lowest BCUT2D eigenvalue weighted by atomic mass is 10.2. The van der Waals surface area contributed by atoms with E-state index in [0.29, 0.717) is 18.1 Å². The second-order valence-corrected chi connectivity index (χ2v) is 5.43. The fourth-order valence-corrected chi connectivity index (χ4v) is 2.38. The van der Waals surface area contributed by atoms with Crippen molar-refractivity contribution in [3.8, 4) is 5.75 Å². The van der Waals surface area contributed by atoms with Crippen LogP contribution < -0.4 is 10.1 Å². The lowest BCUT2D eigenvalue weighted by molar-refractivity contribution is -0.140. The number of para-hydroxylation sites is 1. The Bertz CT molecular complexity index is 464. The topological polar surface area (TPSA) is 75.6 Å². The van der Waals surface area contributed by atoms with Crippen molar-refractivity contribution in [2.24, 2.45) is 0 Å². The highest BCUT2D eigenvalue weighted by Gasteiger charge is 2.17. The molecule has 0 aliphatic rings. The summed E-state index contributed by atoms with van der Waals surface area (Å²) in [6.07, 6.45) is 0. The first-order valence-electron chi connectivity index (χ1n) is 6.26. The van der Waals surface area contributed by atoms with Crippen molar-refractivity contribution in [3.63, 3.8) is 0 Å². The molecule has 1 rings (SSSR count). The maximum absolute atomic E-state index is 10.9. The Kier molecular flexibility index (Phi) is 6.93. The summed E-state index contributed by atoms with van der Waals surface area (Å²) in [5.74, 6) is 0.468. The highest BCUT2D eigenvalue weighted by Crippen LogP contribution is 2.16. The zero-order valence-electron chi connectivity index (χ0n) is 11.6. The van der Waals surface area contributed by atoms with Gasteiger partial charge in [0.15, 0.2) is 0 Å². The van der Waals surface area contributed by atoms with E-state index in [9.17, 15) is 9.59 Å². The summed E-state index contributed by atoms with van der Waals surface area (Å²) in [7, 11) is 0. The van der Waals surface area contributed by atoms with E-state index in [0.717, 1.165) is 11.3 Å². The minimum Gasteiger partial charge on any atom is -0.492 e. The van der Waals surface area contributed by atoms with Gasteiger partial charge in [-0.15, -0.1) is 0 Å². The standard InChI is InChI=1S/C14H19NO4S/c1-10-5-3-4-6-13(10)19-7-8-20-9-12(14(17)18)15-11(2)16/h3-6,12H,7-9H2,1-2H3,(H,15,16)(H,17,18)/t12-/m0/s1. The predicted molar refractivity (Wildman–Crippen MR) is 79.2 cm³/mol. The first kappa shape index (κ1) is 16.4. The molecule has 0 heterocycles. The monoisotopic (exact) mass is 297 g/mol. The largest absolute Gasteiger partial charge is 0.492 e. The fraction of sp³-hybridized carbons (Fsp3) is 0.429. The third-order valence-corrected chi connectivity index (χ3v) is 3.56. The van der Waals surface area contributed by atoms with Gasteiger partial charge in [-0.3, -0.25) is 4.79 Å². The van der Waals surface area contributed by atoms with E-state index in [2.05, 4.69) is 5.32 Å². The van der Waals surface area contributed by atoms with Crippen molar-refractivity contribution < 1.29 is 19.4 Å². The first-order valence-corrected chi connectivity index (χ1v) is 7.42. The van der Waals surface area contributed by atoms with Crippen LogP contribution in [0.25, 0.3) is 0 Å². The number of hydrogen-bond donors (Lipinski definition) is 2. The van der Waals surface area contributed by atoms with Crippen LogP contribution in [0, 0.1) is 6.92 Å². The molecule has 110 valence electrons. The van der Waals surface area contributed by atoms with Crippen LogP contribution in [0.1, 0.15) is 12.5 Å². The highest BCUT2D eigenvalue weighted by molar-refractivity contribution is 7.99. The van der Waals surface area contributed by atoms with E-state index in [1.807, 2.05) is 31.2 Å². The summed E-state index contributed by atoms with van der Waals surface area (Å²) in [6.45, 7) is 3.78. The molecule has 0 aliphatic heterocycles. The molecular weight excluding hydrogens is 278 g/mol. The van der Waals surface area contributed by atoms with Crippen LogP contribution in [0.2, 0.25) is 0 Å². The Morgan fingerprint density at radius 1 is 1.40 bits per heavy atom. The molecule has 0 aliphatic carbocycles. The number of ether oxygens (including phenoxy) is 1. The van der Waals surface area contributed by atoms with Gasteiger partial charge in [-0.25, -0.2) is 4.79 Å². The normalized spacial score (nSPS) is 11.7. The van der Waals surface area contributed by atoms with Gasteiger partial charge in [-0.1, -0.05) is 18.2 Å². The van der Waals surface area contributed by atoms with Gasteiger partial charge in [-0.2, -0.15) is 11.8 Å². The lowest BCUT2D eigenvalue weighted by Crippen LogP contribution is -2.41. The van der Waals surface area contributed by atoms with E-state index in [4.69, 9.17) is 9.84 Å². The summed E-state index contributed by atoms with van der Waals surface area (Å²) < 4.78 is 5.60. The van der Waals surface area contributed by atoms with E-state index >= 15 is 0 Å². The number of hydrogen-bond acceptors (Lipinski definition) is 4. The molecule has 0 fully saturated rings. The Hall–Kier alpha value is -1.69. The number of aliphatic carboxylic acids is 1. The molecular formula is C14H19NO4S. The van der Waals surface area contributed by atoms with Gasteiger partial charge >= 0.3 is 5.97 Å². The summed E-state index contributed by atoms with van der Waals surface area (Å²) in [6, 6.07) is 6.88. The van der Waals surface area contributed by atoms with Crippen molar-refractivity contribution in [3.05, 3.63) is 29.8 Å². The van der Waals surface area contributed by atoms with E-state index in [1.165, 1.54) is 18.7 Å². The molecule has 0 spiro atoms. The maximum atomic E-state index is 10.9. The van der Waals surface area contributed by atoms with Gasteiger partial charge in [-0.05, 0) is 18.6 Å². The maximum Gasteiger partial charge on any atom is 0.327 e.